The Morgan fingerprint density at radius 2 is 1.82 bits per heavy atom. The first-order chi connectivity index (χ1) is 34.2. The molecule has 7 rings (SSSR count). The molecule has 3 aromatic heterocycles. The van der Waals surface area contributed by atoms with Gasteiger partial charge in [-0.3, -0.25) is 34.0 Å². The SMILES string of the molecule is CCn1c(-c2cccnc2C(C)OC)c2c3cc(ccc31)-c1cc(O)cc(c1)C[C@H](NC(=O)[C@H](C(C)C)N(C)C(=O)c1ncc(NC(=O)/C=C/CN(C)C)n1C)C(=O)N1CCC[C@H](N1)C(=O)OCC(C)(C)C2. The molecule has 2 aliphatic heterocycles. The summed E-state index contributed by atoms with van der Waals surface area (Å²) in [5.41, 5.74) is 9.39. The van der Waals surface area contributed by atoms with Gasteiger partial charge in [0, 0.05) is 81.4 Å². The molecule has 4 N–H and O–H groups in total. The number of ether oxygens (including phenoxy) is 2. The smallest absolute Gasteiger partial charge is 0.324 e. The van der Waals surface area contributed by atoms with Gasteiger partial charge >= 0.3 is 5.97 Å². The van der Waals surface area contributed by atoms with Gasteiger partial charge in [0.15, 0.2) is 0 Å². The lowest BCUT2D eigenvalue weighted by molar-refractivity contribution is -0.155. The quantitative estimate of drug-likeness (QED) is 0.0788. The van der Waals surface area contributed by atoms with Gasteiger partial charge in [-0.1, -0.05) is 45.9 Å². The molecule has 5 heterocycles. The fourth-order valence-corrected chi connectivity index (χ4v) is 9.80. The maximum Gasteiger partial charge on any atom is 0.324 e. The average molecular weight is 987 g/mol. The first-order valence-electron chi connectivity index (χ1n) is 24.6. The number of methoxy groups -OCH3 is 1. The summed E-state index contributed by atoms with van der Waals surface area (Å²) in [6, 6.07) is 12.2. The molecule has 0 saturated carbocycles. The number of aryl methyl sites for hydroxylation is 1. The molecule has 1 saturated heterocycles. The van der Waals surface area contributed by atoms with E-state index in [0.29, 0.717) is 43.5 Å². The van der Waals surface area contributed by atoms with Crippen molar-refractivity contribution in [2.75, 3.05) is 53.3 Å². The van der Waals surface area contributed by atoms with E-state index in [-0.39, 0.29) is 43.1 Å². The van der Waals surface area contributed by atoms with Crippen molar-refractivity contribution in [2.24, 2.45) is 18.4 Å². The van der Waals surface area contributed by atoms with Gasteiger partial charge in [0.2, 0.25) is 17.6 Å². The Labute approximate surface area is 421 Å². The van der Waals surface area contributed by atoms with Gasteiger partial charge < -0.3 is 44.1 Å². The summed E-state index contributed by atoms with van der Waals surface area (Å²) in [5, 5.41) is 19.5. The molecular formula is C54H70N10O8. The summed E-state index contributed by atoms with van der Waals surface area (Å²) < 4.78 is 15.7. The van der Waals surface area contributed by atoms with E-state index in [1.54, 1.807) is 52.4 Å². The number of phenols is 1. The van der Waals surface area contributed by atoms with Crippen LogP contribution in [0.2, 0.25) is 0 Å². The second-order valence-corrected chi connectivity index (χ2v) is 20.3. The van der Waals surface area contributed by atoms with Crippen molar-refractivity contribution in [2.45, 2.75) is 98.0 Å². The van der Waals surface area contributed by atoms with Crippen LogP contribution in [0.1, 0.15) is 87.9 Å². The van der Waals surface area contributed by atoms with E-state index in [0.717, 1.165) is 39.0 Å². The average Bonchev–Trinajstić information content (AvgIpc) is 3.86. The van der Waals surface area contributed by atoms with E-state index in [4.69, 9.17) is 14.5 Å². The first kappa shape index (κ1) is 52.9. The number of likely N-dealkylation sites (N-methyl/N-ethyl adjacent to an activating group) is 2. The number of imidazole rings is 1. The number of carbonyl (C=O) groups excluding carboxylic acids is 5. The fraction of sp³-hybridized carbons (Fsp3) is 0.463. The van der Waals surface area contributed by atoms with E-state index < -0.39 is 59.1 Å². The fourth-order valence-electron chi connectivity index (χ4n) is 9.80. The third kappa shape index (κ3) is 11.6. The minimum Gasteiger partial charge on any atom is -0.508 e. The van der Waals surface area contributed by atoms with Crippen LogP contribution in [-0.2, 0) is 55.1 Å². The number of aromatic nitrogens is 4. The number of hydrazine groups is 1. The summed E-state index contributed by atoms with van der Waals surface area (Å²) in [7, 11) is 8.52. The number of rotatable bonds is 13. The molecule has 6 bridgehead atoms. The molecular weight excluding hydrogens is 917 g/mol. The van der Waals surface area contributed by atoms with Gasteiger partial charge in [-0.05, 0) is 112 Å². The molecule has 2 aliphatic rings. The second kappa shape index (κ2) is 22.3. The van der Waals surface area contributed by atoms with Crippen molar-refractivity contribution < 1.29 is 38.6 Å². The minimum atomic E-state index is -1.22. The van der Waals surface area contributed by atoms with Gasteiger partial charge in [-0.25, -0.2) is 10.4 Å². The molecule has 1 fully saturated rings. The largest absolute Gasteiger partial charge is 0.508 e. The van der Waals surface area contributed by atoms with Gasteiger partial charge in [0.25, 0.3) is 11.8 Å². The highest BCUT2D eigenvalue weighted by Gasteiger charge is 2.38. The zero-order valence-electron chi connectivity index (χ0n) is 43.4. The van der Waals surface area contributed by atoms with Crippen LogP contribution in [0.25, 0.3) is 33.3 Å². The number of nitrogens with zero attached hydrogens (tertiary/aromatic N) is 7. The van der Waals surface area contributed by atoms with E-state index in [9.17, 15) is 29.1 Å². The van der Waals surface area contributed by atoms with E-state index >= 15 is 0 Å². The van der Waals surface area contributed by atoms with Crippen molar-refractivity contribution in [3.05, 3.63) is 95.7 Å². The Hall–Kier alpha value is -6.89. The number of phenolic OH excluding ortho intramolecular Hbond substituents is 1. The Balaban J connectivity index is 1.27. The molecule has 4 atom stereocenters. The van der Waals surface area contributed by atoms with Crippen LogP contribution in [0, 0.1) is 11.3 Å². The number of amides is 4. The summed E-state index contributed by atoms with van der Waals surface area (Å²) in [5.74, 6) is -2.79. The maximum atomic E-state index is 14.8. The molecule has 0 spiro atoms. The monoisotopic (exact) mass is 987 g/mol. The predicted octanol–water partition coefficient (Wildman–Crippen LogP) is 6.04. The number of nitrogens with one attached hydrogen (secondary N) is 3. The highest BCUT2D eigenvalue weighted by atomic mass is 16.5. The lowest BCUT2D eigenvalue weighted by Crippen LogP contribution is -2.62. The number of cyclic esters (lactones) is 1. The zero-order chi connectivity index (χ0) is 52.2. The number of carbonyl (C=O) groups is 5. The van der Waals surface area contributed by atoms with E-state index in [1.807, 2.05) is 44.1 Å². The highest BCUT2D eigenvalue weighted by Crippen LogP contribution is 2.42. The molecule has 4 amide bonds. The maximum absolute atomic E-state index is 14.8. The number of aromatic hydroxyl groups is 1. The van der Waals surface area contributed by atoms with Gasteiger partial charge in [0.1, 0.15) is 29.7 Å². The number of hydrogen-bond donors (Lipinski definition) is 4. The van der Waals surface area contributed by atoms with Gasteiger partial charge in [0.05, 0.1) is 30.3 Å². The Kier molecular flexibility index (Phi) is 16.4. The van der Waals surface area contributed by atoms with Crippen LogP contribution >= 0.6 is 0 Å². The van der Waals surface area contributed by atoms with Crippen molar-refractivity contribution in [1.29, 1.82) is 0 Å². The molecule has 0 aliphatic carbocycles. The van der Waals surface area contributed by atoms with Crippen LogP contribution < -0.4 is 16.1 Å². The lowest BCUT2D eigenvalue weighted by atomic mass is 9.84. The summed E-state index contributed by atoms with van der Waals surface area (Å²) in [4.78, 5) is 82.6. The predicted molar refractivity (Wildman–Crippen MR) is 276 cm³/mol. The van der Waals surface area contributed by atoms with Gasteiger partial charge in [-0.2, -0.15) is 0 Å². The number of benzene rings is 2. The third-order valence-corrected chi connectivity index (χ3v) is 13.5. The second-order valence-electron chi connectivity index (χ2n) is 20.3. The lowest BCUT2D eigenvalue weighted by Gasteiger charge is -2.36. The van der Waals surface area contributed by atoms with Gasteiger partial charge in [-0.15, -0.1) is 0 Å². The molecule has 0 radical (unpaired) electrons. The molecule has 5 aromatic rings. The zero-order valence-corrected chi connectivity index (χ0v) is 43.4. The Morgan fingerprint density at radius 3 is 2.53 bits per heavy atom. The third-order valence-electron chi connectivity index (χ3n) is 13.5. The summed E-state index contributed by atoms with van der Waals surface area (Å²) >= 11 is 0. The topological polar surface area (TPSA) is 205 Å². The van der Waals surface area contributed by atoms with Crippen LogP contribution in [0.4, 0.5) is 5.82 Å². The molecule has 18 heteroatoms. The molecule has 1 unspecified atom stereocenters. The highest BCUT2D eigenvalue weighted by molar-refractivity contribution is 6.01. The van der Waals surface area contributed by atoms with Crippen LogP contribution in [0.15, 0.2) is 73.1 Å². The number of esters is 1. The van der Waals surface area contributed by atoms with Crippen LogP contribution in [0.5, 0.6) is 5.75 Å². The molecule has 2 aromatic carbocycles. The summed E-state index contributed by atoms with van der Waals surface area (Å²) in [6.45, 7) is 13.4. The first-order valence-corrected chi connectivity index (χ1v) is 24.6. The standard InChI is InChI=1S/C54H70N10O8/c1-12-63-43-20-19-35-28-39(43)40(48(63)38-16-13-21-55-46(38)33(4)71-11)29-54(5,6)31-72-53(70)41-17-14-23-64(59-41)51(68)42(26-34-24-36(35)27-37(65)25-34)57-50(67)47(32(2)3)62(10)52(69)49-56-30-44(61(49)9)58-45(66)18-15-22-60(7)8/h13,15-16,18-21,24-25,27-28,30,32-33,41-42,47,59,65H,12,14,17,22-23,26,29,31H2,1-11H3,(H,57,67)(H,58,66)/b18-15+/t33?,41-,42-,47-/m0/s1. The molecule has 72 heavy (non-hydrogen) atoms. The number of anilines is 1. The Morgan fingerprint density at radius 1 is 1.06 bits per heavy atom. The summed E-state index contributed by atoms with van der Waals surface area (Å²) in [6.07, 6.45) is 7.35. The number of pyridine rings is 1. The Bertz CT molecular complexity index is 2860. The van der Waals surface area contributed by atoms with E-state index in [1.165, 1.54) is 33.8 Å². The van der Waals surface area contributed by atoms with Crippen molar-refractivity contribution in [1.82, 2.24) is 44.7 Å². The molecule has 18 nitrogen and oxygen atoms in total. The van der Waals surface area contributed by atoms with Crippen molar-refractivity contribution in [3.63, 3.8) is 0 Å². The minimum absolute atomic E-state index is 0.0164. The van der Waals surface area contributed by atoms with Crippen molar-refractivity contribution in [3.8, 4) is 28.1 Å². The molecule has 384 valence electrons. The van der Waals surface area contributed by atoms with Crippen molar-refractivity contribution >= 4 is 46.3 Å². The number of fused-ring (bicyclic) bond motifs is 6. The number of hydrogen-bond acceptors (Lipinski definition) is 12. The van der Waals surface area contributed by atoms with Crippen LogP contribution in [0.3, 0.4) is 0 Å². The van der Waals surface area contributed by atoms with E-state index in [2.05, 4.69) is 64.6 Å². The van der Waals surface area contributed by atoms with Crippen LogP contribution in [-0.4, -0.2) is 135 Å². The normalized spacial score (nSPS) is 18.3.